The molecule has 0 aliphatic heterocycles. The Bertz CT molecular complexity index is 879. The molecule has 0 aromatic heterocycles. The van der Waals surface area contributed by atoms with Gasteiger partial charge >= 0.3 is 6.03 Å². The number of amides is 4. The predicted molar refractivity (Wildman–Crippen MR) is 120 cm³/mol. The fourth-order valence-electron chi connectivity index (χ4n) is 3.04. The fourth-order valence-corrected chi connectivity index (χ4v) is 3.04. The summed E-state index contributed by atoms with van der Waals surface area (Å²) in [6, 6.07) is 14.6. The number of benzene rings is 2. The molecule has 0 saturated carbocycles. The van der Waals surface area contributed by atoms with Crippen molar-refractivity contribution in [3.63, 3.8) is 0 Å². The molecule has 8 nitrogen and oxygen atoms in total. The molecule has 166 valence electrons. The minimum atomic E-state index is -0.601. The van der Waals surface area contributed by atoms with Crippen LogP contribution >= 0.6 is 0 Å². The summed E-state index contributed by atoms with van der Waals surface area (Å²) in [6.45, 7) is 7.65. The van der Waals surface area contributed by atoms with E-state index in [1.165, 1.54) is 5.56 Å². The van der Waals surface area contributed by atoms with Crippen LogP contribution < -0.4 is 21.7 Å². The van der Waals surface area contributed by atoms with Gasteiger partial charge in [0.2, 0.25) is 5.91 Å². The van der Waals surface area contributed by atoms with Crippen LogP contribution in [0.25, 0.3) is 0 Å². The Hall–Kier alpha value is -3.39. The number of nitrogens with two attached hydrogens (primary N) is 1. The van der Waals surface area contributed by atoms with Crippen LogP contribution in [0.2, 0.25) is 0 Å². The molecule has 5 N–H and O–H groups in total. The number of hydrogen-bond donors (Lipinski definition) is 4. The molecule has 0 unspecified atom stereocenters. The molecule has 0 aliphatic carbocycles. The molecule has 0 radical (unpaired) electrons. The minimum absolute atomic E-state index is 0.208. The first-order valence-corrected chi connectivity index (χ1v) is 10.4. The third-order valence-corrected chi connectivity index (χ3v) is 4.94. The first-order chi connectivity index (χ1) is 14.9. The van der Waals surface area contributed by atoms with Crippen LogP contribution in [0.3, 0.4) is 0 Å². The highest BCUT2D eigenvalue weighted by Gasteiger charge is 2.09. The lowest BCUT2D eigenvalue weighted by molar-refractivity contribution is -0.117. The first-order valence-electron chi connectivity index (χ1n) is 10.4. The molecule has 4 amide bonds. The van der Waals surface area contributed by atoms with Crippen LogP contribution in [0.15, 0.2) is 48.5 Å². The van der Waals surface area contributed by atoms with Gasteiger partial charge in [0, 0.05) is 25.2 Å². The number of carbonyl (C=O) groups excluding carboxylic acids is 3. The molecule has 0 spiro atoms. The van der Waals surface area contributed by atoms with Gasteiger partial charge in [-0.05, 0) is 41.9 Å². The topological polar surface area (TPSA) is 117 Å². The number of rotatable bonds is 11. The number of nitrogens with zero attached hydrogens (tertiary/aromatic N) is 1. The van der Waals surface area contributed by atoms with E-state index in [1.807, 2.05) is 18.2 Å². The van der Waals surface area contributed by atoms with Gasteiger partial charge in [0.25, 0.3) is 5.91 Å². The Labute approximate surface area is 183 Å². The van der Waals surface area contributed by atoms with Gasteiger partial charge in [-0.3, -0.25) is 14.5 Å². The minimum Gasteiger partial charge on any atom is -0.368 e. The van der Waals surface area contributed by atoms with E-state index in [1.54, 1.807) is 24.3 Å². The molecule has 0 heterocycles. The summed E-state index contributed by atoms with van der Waals surface area (Å²) in [5.74, 6) is -0.977. The van der Waals surface area contributed by atoms with Crippen molar-refractivity contribution in [2.24, 2.45) is 5.73 Å². The molecule has 2 rings (SSSR count). The van der Waals surface area contributed by atoms with E-state index in [4.69, 9.17) is 5.73 Å². The van der Waals surface area contributed by atoms with Gasteiger partial charge in [-0.15, -0.1) is 0 Å². The summed E-state index contributed by atoms with van der Waals surface area (Å²) in [7, 11) is 0. The molecular weight excluding hydrogens is 394 g/mol. The predicted octanol–water partition coefficient (Wildman–Crippen LogP) is 1.74. The van der Waals surface area contributed by atoms with Crippen molar-refractivity contribution >= 4 is 17.8 Å². The molecule has 0 aliphatic rings. The summed E-state index contributed by atoms with van der Waals surface area (Å²) >= 11 is 0. The monoisotopic (exact) mass is 425 g/mol. The van der Waals surface area contributed by atoms with Crippen molar-refractivity contribution in [3.8, 4) is 0 Å². The Morgan fingerprint density at radius 2 is 1.45 bits per heavy atom. The van der Waals surface area contributed by atoms with E-state index in [2.05, 4.69) is 40.8 Å². The van der Waals surface area contributed by atoms with Crippen LogP contribution in [0.5, 0.6) is 0 Å². The normalized spacial score (nSPS) is 10.5. The standard InChI is InChI=1S/C23H31N5O3/c1-3-28(4-2)16-20-8-6-5-7-19(20)14-27-23(31)26-13-17-9-11-18(12-10-17)22(30)25-15-21(24)29/h5-12H,3-4,13-16H2,1-2H3,(H2,24,29)(H,25,30)(H2,26,27,31). The molecule has 8 heteroatoms. The molecule has 31 heavy (non-hydrogen) atoms. The second-order valence-electron chi connectivity index (χ2n) is 7.11. The Morgan fingerprint density at radius 1 is 0.839 bits per heavy atom. The summed E-state index contributed by atoms with van der Waals surface area (Å²) in [5.41, 5.74) is 8.58. The SMILES string of the molecule is CCN(CC)Cc1ccccc1CNC(=O)NCc1ccc(C(=O)NCC(N)=O)cc1. The third kappa shape index (κ3) is 8.10. The number of hydrogen-bond acceptors (Lipinski definition) is 4. The number of primary amides is 1. The van der Waals surface area contributed by atoms with Gasteiger partial charge in [-0.2, -0.15) is 0 Å². The van der Waals surface area contributed by atoms with Crippen LogP contribution in [-0.2, 0) is 24.4 Å². The molecule has 2 aromatic rings. The lowest BCUT2D eigenvalue weighted by Gasteiger charge is -2.20. The second kappa shape index (κ2) is 12.3. The number of urea groups is 1. The maximum atomic E-state index is 12.2. The highest BCUT2D eigenvalue weighted by atomic mass is 16.2. The van der Waals surface area contributed by atoms with Crippen LogP contribution in [0.1, 0.15) is 40.9 Å². The van der Waals surface area contributed by atoms with E-state index < -0.39 is 5.91 Å². The summed E-state index contributed by atoms with van der Waals surface area (Å²) in [4.78, 5) is 37.2. The average Bonchev–Trinajstić information content (AvgIpc) is 2.79. The van der Waals surface area contributed by atoms with Crippen LogP contribution in [-0.4, -0.2) is 42.4 Å². The zero-order valence-electron chi connectivity index (χ0n) is 18.1. The van der Waals surface area contributed by atoms with Crippen molar-refractivity contribution < 1.29 is 14.4 Å². The van der Waals surface area contributed by atoms with Crippen molar-refractivity contribution in [2.45, 2.75) is 33.5 Å². The van der Waals surface area contributed by atoms with Crippen molar-refractivity contribution in [3.05, 3.63) is 70.8 Å². The van der Waals surface area contributed by atoms with Crippen molar-refractivity contribution in [2.75, 3.05) is 19.6 Å². The zero-order chi connectivity index (χ0) is 22.6. The summed E-state index contributed by atoms with van der Waals surface area (Å²) < 4.78 is 0. The average molecular weight is 426 g/mol. The lowest BCUT2D eigenvalue weighted by atomic mass is 10.1. The largest absolute Gasteiger partial charge is 0.368 e. The van der Waals surface area contributed by atoms with Crippen LogP contribution in [0, 0.1) is 0 Å². The Kier molecular flexibility index (Phi) is 9.51. The molecule has 0 fully saturated rings. The number of carbonyl (C=O) groups is 3. The molecule has 2 aromatic carbocycles. The van der Waals surface area contributed by atoms with Crippen molar-refractivity contribution in [1.29, 1.82) is 0 Å². The smallest absolute Gasteiger partial charge is 0.315 e. The zero-order valence-corrected chi connectivity index (χ0v) is 18.1. The van der Waals surface area contributed by atoms with E-state index in [0.29, 0.717) is 18.7 Å². The molecule has 0 bridgehead atoms. The van der Waals surface area contributed by atoms with Gasteiger partial charge in [0.05, 0.1) is 6.54 Å². The fraction of sp³-hybridized carbons (Fsp3) is 0.348. The molecular formula is C23H31N5O3. The summed E-state index contributed by atoms with van der Waals surface area (Å²) in [5, 5.41) is 8.15. The van der Waals surface area contributed by atoms with E-state index >= 15 is 0 Å². The first kappa shape index (κ1) is 23.9. The molecule has 0 saturated heterocycles. The van der Waals surface area contributed by atoms with Gasteiger partial charge in [-0.25, -0.2) is 4.79 Å². The third-order valence-electron chi connectivity index (χ3n) is 4.94. The summed E-state index contributed by atoms with van der Waals surface area (Å²) in [6.07, 6.45) is 0. The Morgan fingerprint density at radius 3 is 2.06 bits per heavy atom. The van der Waals surface area contributed by atoms with Gasteiger partial charge in [0.15, 0.2) is 0 Å². The second-order valence-corrected chi connectivity index (χ2v) is 7.11. The van der Waals surface area contributed by atoms with Crippen molar-refractivity contribution in [1.82, 2.24) is 20.9 Å². The van der Waals surface area contributed by atoms with E-state index in [0.717, 1.165) is 30.8 Å². The van der Waals surface area contributed by atoms with E-state index in [9.17, 15) is 14.4 Å². The maximum absolute atomic E-state index is 12.2. The quantitative estimate of drug-likeness (QED) is 0.439. The van der Waals surface area contributed by atoms with Gasteiger partial charge in [0.1, 0.15) is 0 Å². The highest BCUT2D eigenvalue weighted by Crippen LogP contribution is 2.12. The Balaban J connectivity index is 1.82. The highest BCUT2D eigenvalue weighted by molar-refractivity contribution is 5.96. The van der Waals surface area contributed by atoms with E-state index in [-0.39, 0.29) is 18.5 Å². The van der Waals surface area contributed by atoms with Crippen LogP contribution in [0.4, 0.5) is 4.79 Å². The van der Waals surface area contributed by atoms with Gasteiger partial charge in [-0.1, -0.05) is 50.2 Å². The molecule has 0 atom stereocenters. The van der Waals surface area contributed by atoms with Gasteiger partial charge < -0.3 is 21.7 Å². The lowest BCUT2D eigenvalue weighted by Crippen LogP contribution is -2.35. The number of nitrogens with one attached hydrogen (secondary N) is 3. The maximum Gasteiger partial charge on any atom is 0.315 e.